The van der Waals surface area contributed by atoms with Gasteiger partial charge in [-0.3, -0.25) is 16.3 Å². The Labute approximate surface area is 114 Å². The standard InChI is InChI=1S/C16H21N3/c1-11-4-5-12(2)15(8-11)9-16(19-17)14-7-6-13(3)18-10-14/h4-8,10,16,19H,9,17H2,1-3H3. The lowest BCUT2D eigenvalue weighted by atomic mass is 9.96. The molecule has 0 amide bonds. The van der Waals surface area contributed by atoms with Crippen LogP contribution in [-0.4, -0.2) is 4.98 Å². The average Bonchev–Trinajstić information content (AvgIpc) is 2.41. The zero-order chi connectivity index (χ0) is 13.8. The van der Waals surface area contributed by atoms with Gasteiger partial charge in [0.05, 0.1) is 6.04 Å². The van der Waals surface area contributed by atoms with Gasteiger partial charge in [-0.05, 0) is 49.9 Å². The lowest BCUT2D eigenvalue weighted by Crippen LogP contribution is -2.29. The molecule has 1 aromatic heterocycles. The number of pyridine rings is 1. The number of aryl methyl sites for hydroxylation is 3. The summed E-state index contributed by atoms with van der Waals surface area (Å²) in [6.07, 6.45) is 2.76. The number of nitrogens with zero attached hydrogens (tertiary/aromatic N) is 1. The first-order chi connectivity index (χ1) is 9.10. The Morgan fingerprint density at radius 1 is 1.16 bits per heavy atom. The van der Waals surface area contributed by atoms with E-state index in [1.54, 1.807) is 0 Å². The Balaban J connectivity index is 2.23. The van der Waals surface area contributed by atoms with E-state index in [0.717, 1.165) is 17.7 Å². The fourth-order valence-corrected chi connectivity index (χ4v) is 2.20. The average molecular weight is 255 g/mol. The number of benzene rings is 1. The smallest absolute Gasteiger partial charge is 0.0515 e. The summed E-state index contributed by atoms with van der Waals surface area (Å²) in [4.78, 5) is 4.33. The van der Waals surface area contributed by atoms with Gasteiger partial charge >= 0.3 is 0 Å². The Morgan fingerprint density at radius 2 is 1.95 bits per heavy atom. The second kappa shape index (κ2) is 5.95. The van der Waals surface area contributed by atoms with Gasteiger partial charge in [-0.15, -0.1) is 0 Å². The molecule has 1 unspecified atom stereocenters. The van der Waals surface area contributed by atoms with Crippen molar-refractivity contribution in [2.45, 2.75) is 33.2 Å². The normalized spacial score (nSPS) is 12.4. The van der Waals surface area contributed by atoms with E-state index in [9.17, 15) is 0 Å². The van der Waals surface area contributed by atoms with Crippen molar-refractivity contribution in [3.63, 3.8) is 0 Å². The largest absolute Gasteiger partial charge is 0.271 e. The maximum absolute atomic E-state index is 5.70. The van der Waals surface area contributed by atoms with Crippen LogP contribution < -0.4 is 11.3 Å². The van der Waals surface area contributed by atoms with Crippen LogP contribution in [0.4, 0.5) is 0 Å². The quantitative estimate of drug-likeness (QED) is 0.652. The molecule has 3 heteroatoms. The molecule has 19 heavy (non-hydrogen) atoms. The van der Waals surface area contributed by atoms with Gasteiger partial charge in [0.25, 0.3) is 0 Å². The van der Waals surface area contributed by atoms with Crippen LogP contribution in [0.5, 0.6) is 0 Å². The Hall–Kier alpha value is -1.71. The van der Waals surface area contributed by atoms with Crippen LogP contribution in [0.3, 0.4) is 0 Å². The van der Waals surface area contributed by atoms with Crippen LogP contribution >= 0.6 is 0 Å². The molecule has 0 aliphatic rings. The zero-order valence-electron chi connectivity index (χ0n) is 11.8. The Bertz CT molecular complexity index is 546. The molecule has 2 rings (SSSR count). The molecule has 1 heterocycles. The monoisotopic (exact) mass is 255 g/mol. The van der Waals surface area contributed by atoms with Crippen LogP contribution in [0.1, 0.15) is 34.0 Å². The predicted molar refractivity (Wildman–Crippen MR) is 78.7 cm³/mol. The van der Waals surface area contributed by atoms with E-state index in [-0.39, 0.29) is 6.04 Å². The third kappa shape index (κ3) is 3.40. The number of hydrogen-bond donors (Lipinski definition) is 2. The highest BCUT2D eigenvalue weighted by Gasteiger charge is 2.12. The molecule has 0 aliphatic carbocycles. The minimum absolute atomic E-state index is 0.0913. The van der Waals surface area contributed by atoms with Gasteiger partial charge in [0, 0.05) is 11.9 Å². The molecule has 0 spiro atoms. The summed E-state index contributed by atoms with van der Waals surface area (Å²) in [5, 5.41) is 0. The number of nitrogens with two attached hydrogens (primary N) is 1. The van der Waals surface area contributed by atoms with Crippen LogP contribution in [-0.2, 0) is 6.42 Å². The van der Waals surface area contributed by atoms with E-state index in [4.69, 9.17) is 5.84 Å². The van der Waals surface area contributed by atoms with Gasteiger partial charge < -0.3 is 0 Å². The van der Waals surface area contributed by atoms with E-state index in [2.05, 4.69) is 48.5 Å². The molecule has 3 nitrogen and oxygen atoms in total. The van der Waals surface area contributed by atoms with Gasteiger partial charge in [0.1, 0.15) is 0 Å². The molecule has 0 saturated carbocycles. The minimum atomic E-state index is 0.0913. The van der Waals surface area contributed by atoms with E-state index in [1.807, 2.05) is 19.2 Å². The highest BCUT2D eigenvalue weighted by atomic mass is 15.2. The lowest BCUT2D eigenvalue weighted by molar-refractivity contribution is 0.549. The van der Waals surface area contributed by atoms with Gasteiger partial charge in [-0.1, -0.05) is 29.8 Å². The zero-order valence-corrected chi connectivity index (χ0v) is 11.8. The molecule has 3 N–H and O–H groups in total. The van der Waals surface area contributed by atoms with Crippen molar-refractivity contribution in [1.82, 2.24) is 10.4 Å². The van der Waals surface area contributed by atoms with Gasteiger partial charge in [0.15, 0.2) is 0 Å². The van der Waals surface area contributed by atoms with Crippen LogP contribution in [0.2, 0.25) is 0 Å². The molecule has 0 fully saturated rings. The fraction of sp³-hybridized carbons (Fsp3) is 0.312. The molecular formula is C16H21N3. The summed E-state index contributed by atoms with van der Waals surface area (Å²) in [5.74, 6) is 5.70. The molecule has 1 atom stereocenters. The van der Waals surface area contributed by atoms with Crippen LogP contribution in [0.25, 0.3) is 0 Å². The van der Waals surface area contributed by atoms with Gasteiger partial charge in [0.2, 0.25) is 0 Å². The Kier molecular flexibility index (Phi) is 4.30. The third-order valence-electron chi connectivity index (χ3n) is 3.47. The topological polar surface area (TPSA) is 50.9 Å². The lowest BCUT2D eigenvalue weighted by Gasteiger charge is -2.18. The van der Waals surface area contributed by atoms with Gasteiger partial charge in [-0.2, -0.15) is 0 Å². The Morgan fingerprint density at radius 3 is 2.58 bits per heavy atom. The van der Waals surface area contributed by atoms with E-state index < -0.39 is 0 Å². The van der Waals surface area contributed by atoms with Crippen molar-refractivity contribution >= 4 is 0 Å². The van der Waals surface area contributed by atoms with Crippen molar-refractivity contribution < 1.29 is 0 Å². The highest BCUT2D eigenvalue weighted by Crippen LogP contribution is 2.20. The minimum Gasteiger partial charge on any atom is -0.271 e. The van der Waals surface area contributed by atoms with Gasteiger partial charge in [-0.25, -0.2) is 0 Å². The molecule has 1 aromatic carbocycles. The second-order valence-electron chi connectivity index (χ2n) is 5.09. The SMILES string of the molecule is Cc1ccc(C)c(CC(NN)c2ccc(C)nc2)c1. The van der Waals surface area contributed by atoms with Crippen molar-refractivity contribution in [2.24, 2.45) is 5.84 Å². The van der Waals surface area contributed by atoms with E-state index in [1.165, 1.54) is 16.7 Å². The number of aromatic nitrogens is 1. The van der Waals surface area contributed by atoms with Crippen molar-refractivity contribution in [3.8, 4) is 0 Å². The number of hydrazine groups is 1. The van der Waals surface area contributed by atoms with E-state index in [0.29, 0.717) is 0 Å². The molecule has 2 aromatic rings. The summed E-state index contributed by atoms with van der Waals surface area (Å²) < 4.78 is 0. The first-order valence-electron chi connectivity index (χ1n) is 6.55. The molecule has 0 aliphatic heterocycles. The maximum atomic E-state index is 5.70. The second-order valence-corrected chi connectivity index (χ2v) is 5.09. The first kappa shape index (κ1) is 13.7. The van der Waals surface area contributed by atoms with Crippen molar-refractivity contribution in [2.75, 3.05) is 0 Å². The van der Waals surface area contributed by atoms with E-state index >= 15 is 0 Å². The maximum Gasteiger partial charge on any atom is 0.0515 e. The van der Waals surface area contributed by atoms with Crippen LogP contribution in [0.15, 0.2) is 36.5 Å². The van der Waals surface area contributed by atoms with Crippen LogP contribution in [0, 0.1) is 20.8 Å². The third-order valence-corrected chi connectivity index (χ3v) is 3.47. The predicted octanol–water partition coefficient (Wildman–Crippen LogP) is 2.75. The number of nitrogens with one attached hydrogen (secondary N) is 1. The summed E-state index contributed by atoms with van der Waals surface area (Å²) in [6.45, 7) is 6.23. The molecular weight excluding hydrogens is 234 g/mol. The molecule has 0 bridgehead atoms. The number of hydrogen-bond acceptors (Lipinski definition) is 3. The fourth-order valence-electron chi connectivity index (χ4n) is 2.20. The summed E-state index contributed by atoms with van der Waals surface area (Å²) in [6, 6.07) is 10.7. The highest BCUT2D eigenvalue weighted by molar-refractivity contribution is 5.32. The summed E-state index contributed by atoms with van der Waals surface area (Å²) >= 11 is 0. The first-order valence-corrected chi connectivity index (χ1v) is 6.55. The van der Waals surface area contributed by atoms with Crippen molar-refractivity contribution in [3.05, 3.63) is 64.5 Å². The summed E-state index contributed by atoms with van der Waals surface area (Å²) in [5.41, 5.74) is 8.93. The summed E-state index contributed by atoms with van der Waals surface area (Å²) in [7, 11) is 0. The number of rotatable bonds is 4. The molecule has 0 radical (unpaired) electrons. The van der Waals surface area contributed by atoms with Crippen molar-refractivity contribution in [1.29, 1.82) is 0 Å². The molecule has 0 saturated heterocycles. The molecule has 100 valence electrons.